The van der Waals surface area contributed by atoms with Crippen LogP contribution in [-0.4, -0.2) is 5.11 Å². The van der Waals surface area contributed by atoms with E-state index in [1.165, 1.54) is 15.0 Å². The summed E-state index contributed by atoms with van der Waals surface area (Å²) >= 11 is 1.75. The molecule has 0 aliphatic heterocycles. The fourth-order valence-electron chi connectivity index (χ4n) is 1.89. The van der Waals surface area contributed by atoms with E-state index in [9.17, 15) is 5.11 Å². The summed E-state index contributed by atoms with van der Waals surface area (Å²) in [5, 5.41) is 11.0. The first kappa shape index (κ1) is 10.4. The van der Waals surface area contributed by atoms with E-state index < -0.39 is 0 Å². The summed E-state index contributed by atoms with van der Waals surface area (Å²) in [4.78, 5) is 1.20. The van der Waals surface area contributed by atoms with Gasteiger partial charge in [0.15, 0.2) is 0 Å². The van der Waals surface area contributed by atoms with E-state index in [2.05, 4.69) is 30.3 Å². The van der Waals surface area contributed by atoms with Crippen LogP contribution in [0.25, 0.3) is 20.5 Å². The van der Waals surface area contributed by atoms with Gasteiger partial charge in [0.1, 0.15) is 5.75 Å². The predicted octanol–water partition coefficient (Wildman–Crippen LogP) is 4.58. The molecule has 0 spiro atoms. The molecule has 0 saturated heterocycles. The van der Waals surface area contributed by atoms with Crippen LogP contribution >= 0.6 is 11.3 Å². The van der Waals surface area contributed by atoms with E-state index in [4.69, 9.17) is 0 Å². The number of aromatic hydroxyl groups is 1. The minimum atomic E-state index is 0.361. The topological polar surface area (TPSA) is 20.2 Å². The highest BCUT2D eigenvalue weighted by Crippen LogP contribution is 2.35. The molecule has 2 heteroatoms. The number of phenolic OH excluding ortho intramolecular Hbond substituents is 1. The number of fused-ring (bicyclic) bond motifs is 1. The minimum Gasteiger partial charge on any atom is -0.508 e. The quantitative estimate of drug-likeness (QED) is 0.660. The molecule has 0 aliphatic carbocycles. The Morgan fingerprint density at radius 3 is 2.59 bits per heavy atom. The molecule has 3 aromatic rings. The Kier molecular flexibility index (Phi) is 2.37. The zero-order valence-electron chi connectivity index (χ0n) is 9.47. The van der Waals surface area contributed by atoms with Gasteiger partial charge in [0, 0.05) is 9.58 Å². The third-order valence-electron chi connectivity index (χ3n) is 2.92. The van der Waals surface area contributed by atoms with Gasteiger partial charge in [-0.05, 0) is 41.6 Å². The Labute approximate surface area is 104 Å². The van der Waals surface area contributed by atoms with Crippen LogP contribution in [0.4, 0.5) is 0 Å². The highest BCUT2D eigenvalue weighted by atomic mass is 32.1. The van der Waals surface area contributed by atoms with Crippen molar-refractivity contribution >= 4 is 21.4 Å². The van der Waals surface area contributed by atoms with Crippen LogP contribution in [0.15, 0.2) is 48.5 Å². The number of benzene rings is 2. The third kappa shape index (κ3) is 1.81. The Morgan fingerprint density at radius 1 is 1.00 bits per heavy atom. The first-order valence-electron chi connectivity index (χ1n) is 5.52. The lowest BCUT2D eigenvalue weighted by atomic mass is 10.1. The maximum atomic E-state index is 9.74. The third-order valence-corrected chi connectivity index (χ3v) is 4.08. The summed E-state index contributed by atoms with van der Waals surface area (Å²) < 4.78 is 1.28. The smallest absolute Gasteiger partial charge is 0.119 e. The van der Waals surface area contributed by atoms with E-state index >= 15 is 0 Å². The molecule has 17 heavy (non-hydrogen) atoms. The van der Waals surface area contributed by atoms with Crippen molar-refractivity contribution in [1.82, 2.24) is 0 Å². The number of hydrogen-bond donors (Lipinski definition) is 1. The van der Waals surface area contributed by atoms with Crippen molar-refractivity contribution in [3.05, 3.63) is 54.1 Å². The molecule has 0 bridgehead atoms. The summed E-state index contributed by atoms with van der Waals surface area (Å²) in [6.07, 6.45) is 0. The zero-order chi connectivity index (χ0) is 11.8. The highest BCUT2D eigenvalue weighted by Gasteiger charge is 2.05. The molecule has 1 aromatic heterocycles. The predicted molar refractivity (Wildman–Crippen MR) is 73.7 cm³/mol. The average molecular weight is 240 g/mol. The molecule has 0 atom stereocenters. The Hall–Kier alpha value is -1.80. The van der Waals surface area contributed by atoms with Crippen molar-refractivity contribution < 1.29 is 5.11 Å². The van der Waals surface area contributed by atoms with Gasteiger partial charge >= 0.3 is 0 Å². The number of hydrogen-bond acceptors (Lipinski definition) is 2. The van der Waals surface area contributed by atoms with Gasteiger partial charge in [0.25, 0.3) is 0 Å². The lowest BCUT2D eigenvalue weighted by molar-refractivity contribution is 0.471. The molecule has 0 unspecified atom stereocenters. The van der Waals surface area contributed by atoms with E-state index in [0.717, 1.165) is 11.1 Å². The molecule has 1 N–H and O–H groups in total. The molecular weight excluding hydrogens is 228 g/mol. The van der Waals surface area contributed by atoms with Gasteiger partial charge in [-0.15, -0.1) is 11.3 Å². The average Bonchev–Trinajstić information content (AvgIpc) is 2.76. The fraction of sp³-hybridized carbons (Fsp3) is 0.0667. The summed E-state index contributed by atoms with van der Waals surface area (Å²) in [5.74, 6) is 0.361. The molecule has 3 rings (SSSR count). The Morgan fingerprint density at radius 2 is 1.82 bits per heavy atom. The number of phenols is 1. The van der Waals surface area contributed by atoms with Gasteiger partial charge in [0.05, 0.1) is 0 Å². The highest BCUT2D eigenvalue weighted by molar-refractivity contribution is 7.22. The summed E-state index contributed by atoms with van der Waals surface area (Å²) in [6.45, 7) is 1.91. The second kappa shape index (κ2) is 3.90. The van der Waals surface area contributed by atoms with Gasteiger partial charge < -0.3 is 5.11 Å². The number of thiophene rings is 1. The van der Waals surface area contributed by atoms with Crippen LogP contribution in [0.1, 0.15) is 5.56 Å². The minimum absolute atomic E-state index is 0.361. The van der Waals surface area contributed by atoms with Crippen molar-refractivity contribution in [3.63, 3.8) is 0 Å². The van der Waals surface area contributed by atoms with Crippen molar-refractivity contribution in [2.24, 2.45) is 0 Å². The lowest BCUT2D eigenvalue weighted by Gasteiger charge is -2.01. The van der Waals surface area contributed by atoms with Crippen molar-refractivity contribution in [2.75, 3.05) is 0 Å². The van der Waals surface area contributed by atoms with E-state index in [1.54, 1.807) is 11.3 Å². The molecule has 1 nitrogen and oxygen atoms in total. The number of rotatable bonds is 1. The van der Waals surface area contributed by atoms with Crippen LogP contribution in [-0.2, 0) is 0 Å². The second-order valence-corrected chi connectivity index (χ2v) is 5.23. The standard InChI is InChI=1S/C15H12OS/c1-10-6-7-12(8-13(10)16)15-9-11-4-2-3-5-14(11)17-15/h2-9,16H,1H3. The van der Waals surface area contributed by atoms with Gasteiger partial charge in [-0.25, -0.2) is 0 Å². The number of aryl methyl sites for hydroxylation is 1. The van der Waals surface area contributed by atoms with Gasteiger partial charge in [-0.1, -0.05) is 30.3 Å². The van der Waals surface area contributed by atoms with Crippen molar-refractivity contribution in [1.29, 1.82) is 0 Å². The molecule has 0 fully saturated rings. The van der Waals surface area contributed by atoms with Crippen LogP contribution in [0.3, 0.4) is 0 Å². The molecule has 0 aliphatic rings. The van der Waals surface area contributed by atoms with Crippen molar-refractivity contribution in [3.8, 4) is 16.2 Å². The zero-order valence-corrected chi connectivity index (χ0v) is 10.3. The maximum absolute atomic E-state index is 9.74. The van der Waals surface area contributed by atoms with Gasteiger partial charge in [-0.2, -0.15) is 0 Å². The summed E-state index contributed by atoms with van der Waals surface area (Å²) in [5.41, 5.74) is 1.99. The fourth-order valence-corrected chi connectivity index (χ4v) is 2.95. The van der Waals surface area contributed by atoms with Gasteiger partial charge in [-0.3, -0.25) is 0 Å². The Bertz CT molecular complexity index is 649. The van der Waals surface area contributed by atoms with E-state index in [1.807, 2.05) is 25.1 Å². The molecule has 2 aromatic carbocycles. The normalized spacial score (nSPS) is 10.9. The monoisotopic (exact) mass is 240 g/mol. The van der Waals surface area contributed by atoms with E-state index in [0.29, 0.717) is 5.75 Å². The molecule has 0 radical (unpaired) electrons. The molecule has 1 heterocycles. The first-order chi connectivity index (χ1) is 8.24. The van der Waals surface area contributed by atoms with E-state index in [-0.39, 0.29) is 0 Å². The SMILES string of the molecule is Cc1ccc(-c2cc3ccccc3s2)cc1O. The molecular formula is C15H12OS. The largest absolute Gasteiger partial charge is 0.508 e. The van der Waals surface area contributed by atoms with Crippen LogP contribution in [0.5, 0.6) is 5.75 Å². The molecule has 84 valence electrons. The van der Waals surface area contributed by atoms with Crippen LogP contribution in [0.2, 0.25) is 0 Å². The van der Waals surface area contributed by atoms with Crippen LogP contribution in [0, 0.1) is 6.92 Å². The van der Waals surface area contributed by atoms with Crippen LogP contribution < -0.4 is 0 Å². The Balaban J connectivity index is 2.17. The van der Waals surface area contributed by atoms with Crippen molar-refractivity contribution in [2.45, 2.75) is 6.92 Å². The van der Waals surface area contributed by atoms with Gasteiger partial charge in [0.2, 0.25) is 0 Å². The second-order valence-electron chi connectivity index (χ2n) is 4.15. The first-order valence-corrected chi connectivity index (χ1v) is 6.34. The molecule has 0 saturated carbocycles. The lowest BCUT2D eigenvalue weighted by Crippen LogP contribution is -1.76. The summed E-state index contributed by atoms with van der Waals surface area (Å²) in [7, 11) is 0. The maximum Gasteiger partial charge on any atom is 0.119 e. The molecule has 0 amide bonds. The summed E-state index contributed by atoms with van der Waals surface area (Å²) in [6, 6.07) is 16.3.